The number of H-pyrrole nitrogens is 1. The monoisotopic (exact) mass is 321 g/mol. The lowest BCUT2D eigenvalue weighted by molar-refractivity contribution is 0.194. The van der Waals surface area contributed by atoms with Crippen LogP contribution in [0.5, 0.6) is 0 Å². The first kappa shape index (κ1) is 13.1. The molecule has 1 saturated carbocycles. The zero-order chi connectivity index (χ0) is 13.3. The average molecular weight is 322 g/mol. The molecular formula is C15H20BrN3. The number of rotatable bonds is 3. The number of benzene rings is 1. The van der Waals surface area contributed by atoms with E-state index in [2.05, 4.69) is 33.0 Å². The molecule has 102 valence electrons. The van der Waals surface area contributed by atoms with Crippen LogP contribution in [0, 0.1) is 5.41 Å². The van der Waals surface area contributed by atoms with E-state index in [1.54, 1.807) is 0 Å². The number of imidazole rings is 1. The molecule has 0 bridgehead atoms. The zero-order valence-corrected chi connectivity index (χ0v) is 12.7. The molecule has 0 spiro atoms. The van der Waals surface area contributed by atoms with Crippen molar-refractivity contribution in [1.29, 1.82) is 0 Å². The van der Waals surface area contributed by atoms with Crippen LogP contribution >= 0.6 is 15.9 Å². The standard InChI is InChI=1S/C15H20BrN3/c16-11-4-5-12-13(8-11)19-14(18-12)9-15(10-17)6-2-1-3-7-15/h4-5,8H,1-3,6-7,9-10,17H2,(H,18,19). The normalized spacial score (nSPS) is 18.8. The molecule has 1 aliphatic carbocycles. The maximum Gasteiger partial charge on any atom is 0.107 e. The second-order valence-corrected chi connectivity index (χ2v) is 6.70. The number of aromatic amines is 1. The van der Waals surface area contributed by atoms with E-state index in [0.29, 0.717) is 0 Å². The minimum absolute atomic E-state index is 0.267. The van der Waals surface area contributed by atoms with E-state index in [1.807, 2.05) is 6.07 Å². The van der Waals surface area contributed by atoms with Gasteiger partial charge < -0.3 is 10.7 Å². The van der Waals surface area contributed by atoms with E-state index in [9.17, 15) is 0 Å². The Labute approximate surface area is 122 Å². The predicted octanol–water partition coefficient (Wildman–Crippen LogP) is 3.78. The quantitative estimate of drug-likeness (QED) is 0.903. The van der Waals surface area contributed by atoms with E-state index < -0.39 is 0 Å². The van der Waals surface area contributed by atoms with E-state index in [1.165, 1.54) is 32.1 Å². The van der Waals surface area contributed by atoms with Gasteiger partial charge in [0.15, 0.2) is 0 Å². The van der Waals surface area contributed by atoms with Crippen LogP contribution in [0.15, 0.2) is 22.7 Å². The fourth-order valence-corrected chi connectivity index (χ4v) is 3.59. The summed E-state index contributed by atoms with van der Waals surface area (Å²) in [4.78, 5) is 8.16. The Bertz CT molecular complexity index is 570. The molecule has 1 heterocycles. The van der Waals surface area contributed by atoms with Crippen molar-refractivity contribution < 1.29 is 0 Å². The van der Waals surface area contributed by atoms with Crippen LogP contribution in [0.4, 0.5) is 0 Å². The third-order valence-electron chi connectivity index (χ3n) is 4.38. The number of fused-ring (bicyclic) bond motifs is 1. The molecule has 3 nitrogen and oxygen atoms in total. The minimum atomic E-state index is 0.267. The fraction of sp³-hybridized carbons (Fsp3) is 0.533. The van der Waals surface area contributed by atoms with Crippen LogP contribution in [-0.2, 0) is 6.42 Å². The number of nitrogens with one attached hydrogen (secondary N) is 1. The molecule has 3 rings (SSSR count). The van der Waals surface area contributed by atoms with Gasteiger partial charge in [-0.3, -0.25) is 0 Å². The third-order valence-corrected chi connectivity index (χ3v) is 4.88. The summed E-state index contributed by atoms with van der Waals surface area (Å²) in [5.74, 6) is 1.08. The molecule has 2 aromatic rings. The SMILES string of the molecule is NCC1(Cc2nc3ccc(Br)cc3[nH]2)CCCCC1. The average Bonchev–Trinajstić information content (AvgIpc) is 2.81. The molecule has 0 radical (unpaired) electrons. The van der Waals surface area contributed by atoms with Gasteiger partial charge in [0, 0.05) is 10.9 Å². The Balaban J connectivity index is 1.87. The van der Waals surface area contributed by atoms with Crippen molar-refractivity contribution in [2.45, 2.75) is 38.5 Å². The molecule has 3 N–H and O–H groups in total. The highest BCUT2D eigenvalue weighted by Gasteiger charge is 2.31. The molecule has 0 amide bonds. The van der Waals surface area contributed by atoms with Gasteiger partial charge in [-0.05, 0) is 43.0 Å². The first-order chi connectivity index (χ1) is 9.21. The molecule has 4 heteroatoms. The number of hydrogen-bond acceptors (Lipinski definition) is 2. The van der Waals surface area contributed by atoms with Crippen molar-refractivity contribution in [2.24, 2.45) is 11.1 Å². The van der Waals surface area contributed by atoms with Gasteiger partial charge in [0.05, 0.1) is 11.0 Å². The fourth-order valence-electron chi connectivity index (χ4n) is 3.23. The molecule has 1 fully saturated rings. The predicted molar refractivity (Wildman–Crippen MR) is 82.1 cm³/mol. The Hall–Kier alpha value is -0.870. The van der Waals surface area contributed by atoms with E-state index in [0.717, 1.165) is 34.3 Å². The number of aromatic nitrogens is 2. The molecule has 19 heavy (non-hydrogen) atoms. The van der Waals surface area contributed by atoms with Crippen LogP contribution in [-0.4, -0.2) is 16.5 Å². The van der Waals surface area contributed by atoms with Crippen molar-refractivity contribution in [3.05, 3.63) is 28.5 Å². The van der Waals surface area contributed by atoms with Crippen LogP contribution in [0.2, 0.25) is 0 Å². The molecule has 0 unspecified atom stereocenters. The van der Waals surface area contributed by atoms with E-state index in [-0.39, 0.29) is 5.41 Å². The Morgan fingerprint density at radius 3 is 2.79 bits per heavy atom. The summed E-state index contributed by atoms with van der Waals surface area (Å²) in [6.45, 7) is 0.772. The summed E-state index contributed by atoms with van der Waals surface area (Å²) < 4.78 is 1.08. The van der Waals surface area contributed by atoms with Gasteiger partial charge in [-0.2, -0.15) is 0 Å². The van der Waals surface area contributed by atoms with Gasteiger partial charge in [0.1, 0.15) is 5.82 Å². The lowest BCUT2D eigenvalue weighted by Crippen LogP contribution is -2.35. The highest BCUT2D eigenvalue weighted by molar-refractivity contribution is 9.10. The number of halogens is 1. The smallest absolute Gasteiger partial charge is 0.107 e. The van der Waals surface area contributed by atoms with Gasteiger partial charge in [-0.15, -0.1) is 0 Å². The van der Waals surface area contributed by atoms with Crippen molar-refractivity contribution in [3.8, 4) is 0 Å². The number of hydrogen-bond donors (Lipinski definition) is 2. The van der Waals surface area contributed by atoms with Crippen LogP contribution < -0.4 is 5.73 Å². The zero-order valence-electron chi connectivity index (χ0n) is 11.1. The van der Waals surface area contributed by atoms with Gasteiger partial charge in [-0.25, -0.2) is 4.98 Å². The second-order valence-electron chi connectivity index (χ2n) is 5.79. The van der Waals surface area contributed by atoms with Gasteiger partial charge in [0.25, 0.3) is 0 Å². The summed E-state index contributed by atoms with van der Waals surface area (Å²) in [5.41, 5.74) is 8.47. The van der Waals surface area contributed by atoms with Gasteiger partial charge in [0.2, 0.25) is 0 Å². The highest BCUT2D eigenvalue weighted by Crippen LogP contribution is 2.38. The number of nitrogens with zero attached hydrogens (tertiary/aromatic N) is 1. The van der Waals surface area contributed by atoms with Crippen LogP contribution in [0.1, 0.15) is 37.9 Å². The van der Waals surface area contributed by atoms with E-state index >= 15 is 0 Å². The second kappa shape index (κ2) is 5.25. The molecule has 0 atom stereocenters. The third kappa shape index (κ3) is 2.70. The van der Waals surface area contributed by atoms with Crippen molar-refractivity contribution in [1.82, 2.24) is 9.97 Å². The molecule has 0 saturated heterocycles. The van der Waals surface area contributed by atoms with Crippen LogP contribution in [0.25, 0.3) is 11.0 Å². The first-order valence-corrected chi connectivity index (χ1v) is 7.84. The van der Waals surface area contributed by atoms with E-state index in [4.69, 9.17) is 10.7 Å². The van der Waals surface area contributed by atoms with Gasteiger partial charge >= 0.3 is 0 Å². The van der Waals surface area contributed by atoms with Crippen molar-refractivity contribution in [3.63, 3.8) is 0 Å². The maximum absolute atomic E-state index is 6.06. The largest absolute Gasteiger partial charge is 0.342 e. The Kier molecular flexibility index (Phi) is 3.63. The molecule has 1 aromatic carbocycles. The first-order valence-electron chi connectivity index (χ1n) is 7.05. The summed E-state index contributed by atoms with van der Waals surface area (Å²) in [6, 6.07) is 6.17. The highest BCUT2D eigenvalue weighted by atomic mass is 79.9. The molecule has 1 aliphatic rings. The molecule has 0 aliphatic heterocycles. The minimum Gasteiger partial charge on any atom is -0.342 e. The van der Waals surface area contributed by atoms with Crippen molar-refractivity contribution in [2.75, 3.05) is 6.54 Å². The summed E-state index contributed by atoms with van der Waals surface area (Å²) in [7, 11) is 0. The number of nitrogens with two attached hydrogens (primary N) is 1. The molecule has 1 aromatic heterocycles. The summed E-state index contributed by atoms with van der Waals surface area (Å²) in [5, 5.41) is 0. The maximum atomic E-state index is 6.06. The Morgan fingerprint density at radius 1 is 1.26 bits per heavy atom. The molecular weight excluding hydrogens is 302 g/mol. The summed E-state index contributed by atoms with van der Waals surface area (Å²) >= 11 is 3.50. The van der Waals surface area contributed by atoms with Crippen LogP contribution in [0.3, 0.4) is 0 Å². The lowest BCUT2D eigenvalue weighted by Gasteiger charge is -2.35. The Morgan fingerprint density at radius 2 is 2.05 bits per heavy atom. The van der Waals surface area contributed by atoms with Gasteiger partial charge in [-0.1, -0.05) is 35.2 Å². The topological polar surface area (TPSA) is 54.7 Å². The van der Waals surface area contributed by atoms with Crippen molar-refractivity contribution >= 4 is 27.0 Å². The lowest BCUT2D eigenvalue weighted by atomic mass is 9.72. The summed E-state index contributed by atoms with van der Waals surface area (Å²) in [6.07, 6.45) is 7.44.